The number of nitrogens with one attached hydrogen (secondary N) is 2. The van der Waals surface area contributed by atoms with E-state index in [1.165, 1.54) is 12.1 Å². The number of hydrogen-bond acceptors (Lipinski definition) is 5. The van der Waals surface area contributed by atoms with Crippen molar-refractivity contribution in [2.75, 3.05) is 37.0 Å². The molecule has 3 aromatic rings. The Kier molecular flexibility index (Phi) is 9.69. The van der Waals surface area contributed by atoms with Gasteiger partial charge in [-0.05, 0) is 84.1 Å². The molecular weight excluding hydrogens is 610 g/mol. The van der Waals surface area contributed by atoms with E-state index in [1.54, 1.807) is 52.9 Å². The van der Waals surface area contributed by atoms with Crippen LogP contribution in [0.5, 0.6) is 5.75 Å². The van der Waals surface area contributed by atoms with Crippen molar-refractivity contribution in [2.45, 2.75) is 37.1 Å². The summed E-state index contributed by atoms with van der Waals surface area (Å²) in [5.74, 6) is 1.25. The zero-order valence-electron chi connectivity index (χ0n) is 24.1. The first-order valence-corrected chi connectivity index (χ1v) is 15.8. The van der Waals surface area contributed by atoms with Crippen LogP contribution in [0.25, 0.3) is 0 Å². The van der Waals surface area contributed by atoms with E-state index < -0.39 is 17.3 Å². The molecule has 3 aromatic carbocycles. The number of anilines is 1. The molecule has 1 unspecified atom stereocenters. The molecule has 0 aliphatic carbocycles. The maximum absolute atomic E-state index is 14.3. The maximum atomic E-state index is 14.3. The fraction of sp³-hybridized carbons (Fsp3) is 0.344. The highest BCUT2D eigenvalue weighted by atomic mass is 32.2. The number of hydrogen-bond donors (Lipinski definition) is 2. The van der Waals surface area contributed by atoms with Crippen molar-refractivity contribution in [3.05, 3.63) is 95.6 Å². The predicted octanol–water partition coefficient (Wildman–Crippen LogP) is 5.88. The van der Waals surface area contributed by atoms with Crippen molar-refractivity contribution in [2.24, 2.45) is 0 Å². The molecule has 2 N–H and O–H groups in total. The molecule has 12 heteroatoms. The number of halogens is 3. The molecule has 44 heavy (non-hydrogen) atoms. The van der Waals surface area contributed by atoms with Crippen molar-refractivity contribution in [3.63, 3.8) is 0 Å². The monoisotopic (exact) mass is 642 g/mol. The van der Waals surface area contributed by atoms with Gasteiger partial charge in [0.05, 0.1) is 25.3 Å². The SMILES string of the molecule is COc1ccc(NC(=O)C2(N(Cc3ccc(C(F)(F)F)cc3)C(=O)CN3CC(c4ccccc4)NC3=S)CCSCC2)cc1. The molecule has 2 aliphatic rings. The van der Waals surface area contributed by atoms with Gasteiger partial charge in [-0.3, -0.25) is 9.59 Å². The third-order valence-electron chi connectivity index (χ3n) is 8.05. The van der Waals surface area contributed by atoms with Gasteiger partial charge in [-0.25, -0.2) is 0 Å². The topological polar surface area (TPSA) is 73.9 Å². The number of carbonyl (C=O) groups is 2. The van der Waals surface area contributed by atoms with Crippen LogP contribution in [0, 0.1) is 0 Å². The van der Waals surface area contributed by atoms with Crippen LogP contribution in [0.3, 0.4) is 0 Å². The second kappa shape index (κ2) is 13.5. The van der Waals surface area contributed by atoms with E-state index in [0.29, 0.717) is 53.0 Å². The zero-order valence-corrected chi connectivity index (χ0v) is 25.7. The molecule has 2 saturated heterocycles. The number of benzene rings is 3. The molecule has 2 amide bonds. The van der Waals surface area contributed by atoms with E-state index in [4.69, 9.17) is 17.0 Å². The summed E-state index contributed by atoms with van der Waals surface area (Å²) in [6, 6.07) is 21.3. The van der Waals surface area contributed by atoms with Crippen LogP contribution in [0.2, 0.25) is 0 Å². The zero-order chi connectivity index (χ0) is 31.3. The smallest absolute Gasteiger partial charge is 0.416 e. The van der Waals surface area contributed by atoms with E-state index in [9.17, 15) is 22.8 Å². The highest BCUT2D eigenvalue weighted by molar-refractivity contribution is 7.99. The lowest BCUT2D eigenvalue weighted by Gasteiger charge is -2.45. The molecule has 0 bridgehead atoms. The number of thiocarbonyl (C=S) groups is 1. The molecule has 7 nitrogen and oxygen atoms in total. The molecule has 2 fully saturated rings. The van der Waals surface area contributed by atoms with E-state index in [2.05, 4.69) is 10.6 Å². The standard InChI is InChI=1S/C32H33F3N4O3S2/c1-42-26-13-11-25(12-14-26)36-29(41)31(15-17-44-18-16-31)39(19-22-7-9-24(10-8-22)32(33,34)35)28(40)21-38-20-27(37-30(38)43)23-5-3-2-4-6-23/h2-14,27H,15-21H2,1H3,(H,36,41)(H,37,43). The largest absolute Gasteiger partial charge is 0.497 e. The first kappa shape index (κ1) is 31.6. The van der Waals surface area contributed by atoms with Crippen LogP contribution in [0.15, 0.2) is 78.9 Å². The van der Waals surface area contributed by atoms with Gasteiger partial charge < -0.3 is 25.2 Å². The lowest BCUT2D eigenvalue weighted by Crippen LogP contribution is -2.61. The molecule has 0 spiro atoms. The quantitative estimate of drug-likeness (QED) is 0.283. The van der Waals surface area contributed by atoms with Gasteiger partial charge in [0, 0.05) is 18.8 Å². The molecule has 5 rings (SSSR count). The van der Waals surface area contributed by atoms with Crippen LogP contribution in [0.1, 0.15) is 35.6 Å². The molecule has 0 saturated carbocycles. The lowest BCUT2D eigenvalue weighted by molar-refractivity contribution is -0.147. The first-order chi connectivity index (χ1) is 21.1. The molecule has 232 valence electrons. The van der Waals surface area contributed by atoms with Crippen LogP contribution in [0.4, 0.5) is 18.9 Å². The minimum absolute atomic E-state index is 0.0339. The van der Waals surface area contributed by atoms with Crippen LogP contribution in [-0.2, 0) is 22.3 Å². The van der Waals surface area contributed by atoms with Crippen molar-refractivity contribution >= 4 is 46.6 Å². The Labute approximate surface area is 264 Å². The Bertz CT molecular complexity index is 1460. The Balaban J connectivity index is 1.44. The number of rotatable bonds is 9. The van der Waals surface area contributed by atoms with Gasteiger partial charge >= 0.3 is 6.18 Å². The van der Waals surface area contributed by atoms with E-state index in [1.807, 2.05) is 30.3 Å². The van der Waals surface area contributed by atoms with Crippen molar-refractivity contribution in [1.82, 2.24) is 15.1 Å². The van der Waals surface area contributed by atoms with Crippen LogP contribution >= 0.6 is 24.0 Å². The highest BCUT2D eigenvalue weighted by Crippen LogP contribution is 2.36. The molecule has 1 atom stereocenters. The average molecular weight is 643 g/mol. The summed E-state index contributed by atoms with van der Waals surface area (Å²) in [6.07, 6.45) is -3.70. The van der Waals surface area contributed by atoms with Gasteiger partial charge in [-0.2, -0.15) is 24.9 Å². The summed E-state index contributed by atoms with van der Waals surface area (Å²) >= 11 is 7.29. The third-order valence-corrected chi connectivity index (χ3v) is 9.41. The number of methoxy groups -OCH3 is 1. The fourth-order valence-electron chi connectivity index (χ4n) is 5.56. The predicted molar refractivity (Wildman–Crippen MR) is 169 cm³/mol. The normalized spacial score (nSPS) is 18.0. The minimum Gasteiger partial charge on any atom is -0.497 e. The maximum Gasteiger partial charge on any atom is 0.416 e. The number of alkyl halides is 3. The van der Waals surface area contributed by atoms with Crippen LogP contribution < -0.4 is 15.4 Å². The summed E-state index contributed by atoms with van der Waals surface area (Å²) in [7, 11) is 1.55. The Hall–Kier alpha value is -3.77. The molecule has 2 aliphatic heterocycles. The van der Waals surface area contributed by atoms with Crippen LogP contribution in [-0.4, -0.2) is 64.0 Å². The Morgan fingerprint density at radius 2 is 1.70 bits per heavy atom. The number of thioether (sulfide) groups is 1. The summed E-state index contributed by atoms with van der Waals surface area (Å²) in [5, 5.41) is 6.69. The van der Waals surface area contributed by atoms with E-state index in [-0.39, 0.29) is 30.9 Å². The summed E-state index contributed by atoms with van der Waals surface area (Å²) in [6.45, 7) is 0.345. The van der Waals surface area contributed by atoms with Gasteiger partial charge in [-0.1, -0.05) is 42.5 Å². The second-order valence-electron chi connectivity index (χ2n) is 10.8. The van der Waals surface area contributed by atoms with E-state index >= 15 is 0 Å². The van der Waals surface area contributed by atoms with E-state index in [0.717, 1.165) is 17.7 Å². The molecule has 0 aromatic heterocycles. The summed E-state index contributed by atoms with van der Waals surface area (Å²) in [4.78, 5) is 31.8. The van der Waals surface area contributed by atoms with Crippen molar-refractivity contribution in [3.8, 4) is 5.75 Å². The number of amides is 2. The highest BCUT2D eigenvalue weighted by Gasteiger charge is 2.48. The lowest BCUT2D eigenvalue weighted by atomic mass is 9.87. The van der Waals surface area contributed by atoms with Crippen molar-refractivity contribution in [1.29, 1.82) is 0 Å². The third kappa shape index (κ3) is 7.13. The summed E-state index contributed by atoms with van der Waals surface area (Å²) in [5.41, 5.74) is 0.0709. The van der Waals surface area contributed by atoms with Gasteiger partial charge in [0.2, 0.25) is 11.8 Å². The Morgan fingerprint density at radius 1 is 1.05 bits per heavy atom. The molecular formula is C32H33F3N4O3S2. The number of nitrogens with zero attached hydrogens (tertiary/aromatic N) is 2. The van der Waals surface area contributed by atoms with Gasteiger partial charge in [0.25, 0.3) is 0 Å². The summed E-state index contributed by atoms with van der Waals surface area (Å²) < 4.78 is 45.1. The Morgan fingerprint density at radius 3 is 2.32 bits per heavy atom. The van der Waals surface area contributed by atoms with Gasteiger partial charge in [-0.15, -0.1) is 0 Å². The first-order valence-electron chi connectivity index (χ1n) is 14.2. The van der Waals surface area contributed by atoms with Gasteiger partial charge in [0.1, 0.15) is 11.3 Å². The van der Waals surface area contributed by atoms with Crippen molar-refractivity contribution < 1.29 is 27.5 Å². The second-order valence-corrected chi connectivity index (χ2v) is 12.4. The number of ether oxygens (including phenoxy) is 1. The fourth-order valence-corrected chi connectivity index (χ4v) is 7.01. The molecule has 2 heterocycles. The van der Waals surface area contributed by atoms with Gasteiger partial charge in [0.15, 0.2) is 5.11 Å². The average Bonchev–Trinajstić information content (AvgIpc) is 3.40. The molecule has 0 radical (unpaired) electrons. The minimum atomic E-state index is -4.48. The number of carbonyl (C=O) groups excluding carboxylic acids is 2.